The lowest BCUT2D eigenvalue weighted by Crippen LogP contribution is -2.15. The van der Waals surface area contributed by atoms with Gasteiger partial charge < -0.3 is 0 Å². The van der Waals surface area contributed by atoms with E-state index in [-0.39, 0.29) is 17.5 Å². The molecule has 0 aliphatic heterocycles. The van der Waals surface area contributed by atoms with Crippen LogP contribution in [0.2, 0.25) is 0 Å². The summed E-state index contributed by atoms with van der Waals surface area (Å²) in [5.74, 6) is 0.158. The molecule has 4 heteroatoms. The first-order chi connectivity index (χ1) is 10.1. The van der Waals surface area contributed by atoms with Gasteiger partial charge in [-0.15, -0.1) is 0 Å². The first-order valence-electron chi connectivity index (χ1n) is 7.23. The van der Waals surface area contributed by atoms with E-state index in [1.165, 1.54) is 17.7 Å². The number of nitrogens with zero attached hydrogens (tertiary/aromatic N) is 2. The maximum atomic E-state index is 13.1. The lowest BCUT2D eigenvalue weighted by molar-refractivity contribution is -0.115. The fourth-order valence-electron chi connectivity index (χ4n) is 3.55. The first kappa shape index (κ1) is 12.5. The highest BCUT2D eigenvalue weighted by molar-refractivity contribution is 6.00. The van der Waals surface area contributed by atoms with Gasteiger partial charge in [-0.1, -0.05) is 12.5 Å². The second kappa shape index (κ2) is 4.38. The Bertz CT molecular complexity index is 771. The monoisotopic (exact) mass is 282 g/mol. The molecule has 1 aromatic heterocycles. The number of hydrogen-bond donors (Lipinski definition) is 0. The van der Waals surface area contributed by atoms with Crippen molar-refractivity contribution in [2.45, 2.75) is 32.1 Å². The van der Waals surface area contributed by atoms with Gasteiger partial charge in [0.25, 0.3) is 0 Å². The maximum absolute atomic E-state index is 13.1. The molecule has 1 aromatic carbocycles. The molecule has 0 saturated heterocycles. The molecule has 0 N–H and O–H groups in total. The van der Waals surface area contributed by atoms with E-state index in [4.69, 9.17) is 0 Å². The lowest BCUT2D eigenvalue weighted by Gasteiger charge is -2.22. The Labute approximate surface area is 122 Å². The fourth-order valence-corrected chi connectivity index (χ4v) is 3.55. The summed E-state index contributed by atoms with van der Waals surface area (Å²) in [5, 5.41) is 4.46. The summed E-state index contributed by atoms with van der Waals surface area (Å²) < 4.78 is 14.9. The molecule has 0 saturated carbocycles. The van der Waals surface area contributed by atoms with Crippen LogP contribution >= 0.6 is 0 Å². The number of aromatic nitrogens is 2. The van der Waals surface area contributed by atoms with Gasteiger partial charge in [0, 0.05) is 29.9 Å². The highest BCUT2D eigenvalue weighted by Crippen LogP contribution is 2.42. The average molecular weight is 282 g/mol. The molecule has 2 aromatic rings. The fraction of sp³-hybridized carbons (Fsp3) is 0.294. The van der Waals surface area contributed by atoms with Crippen molar-refractivity contribution in [3.8, 4) is 5.69 Å². The third kappa shape index (κ3) is 1.78. The number of hydrogen-bond acceptors (Lipinski definition) is 2. The molecular weight excluding hydrogens is 267 g/mol. The van der Waals surface area contributed by atoms with Crippen LogP contribution in [0.25, 0.3) is 5.69 Å². The molecule has 1 heterocycles. The van der Waals surface area contributed by atoms with Gasteiger partial charge in [0.15, 0.2) is 5.78 Å². The minimum Gasteiger partial charge on any atom is -0.295 e. The average Bonchev–Trinajstić information content (AvgIpc) is 3.05. The largest absolute Gasteiger partial charge is 0.295 e. The van der Waals surface area contributed by atoms with E-state index in [0.29, 0.717) is 6.42 Å². The molecule has 0 radical (unpaired) electrons. The zero-order valence-corrected chi connectivity index (χ0v) is 11.8. The molecule has 2 aliphatic rings. The Hall–Kier alpha value is -2.23. The second-order valence-corrected chi connectivity index (χ2v) is 5.77. The number of ketones is 1. The number of allylic oxidation sites excluding steroid dienone is 2. The molecule has 106 valence electrons. The van der Waals surface area contributed by atoms with Crippen molar-refractivity contribution in [3.63, 3.8) is 0 Å². The van der Waals surface area contributed by atoms with Crippen LogP contribution in [0, 0.1) is 5.82 Å². The summed E-state index contributed by atoms with van der Waals surface area (Å²) in [4.78, 5) is 12.0. The van der Waals surface area contributed by atoms with E-state index in [2.05, 4.69) is 12.0 Å². The third-order valence-corrected chi connectivity index (χ3v) is 4.59. The smallest absolute Gasteiger partial charge is 0.159 e. The second-order valence-electron chi connectivity index (χ2n) is 5.77. The van der Waals surface area contributed by atoms with Crippen molar-refractivity contribution < 1.29 is 9.18 Å². The highest BCUT2D eigenvalue weighted by atomic mass is 19.1. The van der Waals surface area contributed by atoms with E-state index in [1.807, 2.05) is 10.9 Å². The molecule has 1 atom stereocenters. The Morgan fingerprint density at radius 2 is 2.00 bits per heavy atom. The van der Waals surface area contributed by atoms with Crippen molar-refractivity contribution in [1.82, 2.24) is 9.78 Å². The summed E-state index contributed by atoms with van der Waals surface area (Å²) in [6.45, 7) is 2.08. The summed E-state index contributed by atoms with van der Waals surface area (Å²) in [6.07, 6.45) is 4.13. The van der Waals surface area contributed by atoms with Crippen LogP contribution in [0.4, 0.5) is 4.39 Å². The Morgan fingerprint density at radius 3 is 2.76 bits per heavy atom. The summed E-state index contributed by atoms with van der Waals surface area (Å²) in [5.41, 5.74) is 5.36. The van der Waals surface area contributed by atoms with Crippen LogP contribution in [0.5, 0.6) is 0 Å². The number of rotatable bonds is 1. The van der Waals surface area contributed by atoms with Crippen LogP contribution in [-0.2, 0) is 11.2 Å². The number of fused-ring (bicyclic) bond motifs is 1. The van der Waals surface area contributed by atoms with Crippen LogP contribution in [0.1, 0.15) is 36.9 Å². The molecule has 0 unspecified atom stereocenters. The van der Waals surface area contributed by atoms with Crippen molar-refractivity contribution in [1.29, 1.82) is 0 Å². The Morgan fingerprint density at radius 1 is 1.24 bits per heavy atom. The number of carbonyl (C=O) groups is 1. The number of Topliss-reactive ketones (excluding diaryl/α,β-unsaturated/α-hetero) is 1. The molecule has 0 bridgehead atoms. The van der Waals surface area contributed by atoms with E-state index < -0.39 is 0 Å². The zero-order chi connectivity index (χ0) is 14.6. The van der Waals surface area contributed by atoms with Gasteiger partial charge in [-0.25, -0.2) is 9.07 Å². The molecular formula is C17H15FN2O. The van der Waals surface area contributed by atoms with Gasteiger partial charge in [-0.3, -0.25) is 4.79 Å². The molecule has 0 amide bonds. The van der Waals surface area contributed by atoms with Crippen LogP contribution in [0.15, 0.2) is 41.6 Å². The predicted molar refractivity (Wildman–Crippen MR) is 76.9 cm³/mol. The van der Waals surface area contributed by atoms with Gasteiger partial charge in [0.2, 0.25) is 0 Å². The standard InChI is InChI=1S/C17H15FN2O/c1-10-14-9-19-20(13-5-3-12(18)4-6-13)15(14)8-11-2-7-16(21)17(10)11/h3-6,9-10H,2,7-8H2,1H3/t10-/m0/s1. The molecule has 0 spiro atoms. The van der Waals surface area contributed by atoms with E-state index in [9.17, 15) is 9.18 Å². The quantitative estimate of drug-likeness (QED) is 0.804. The van der Waals surface area contributed by atoms with Crippen molar-refractivity contribution in [2.75, 3.05) is 0 Å². The Kier molecular flexibility index (Phi) is 2.61. The highest BCUT2D eigenvalue weighted by Gasteiger charge is 2.35. The summed E-state index contributed by atoms with van der Waals surface area (Å²) >= 11 is 0. The van der Waals surface area contributed by atoms with Crippen molar-refractivity contribution in [2.24, 2.45) is 0 Å². The predicted octanol–water partition coefficient (Wildman–Crippen LogP) is 3.33. The topological polar surface area (TPSA) is 34.9 Å². The van der Waals surface area contributed by atoms with Crippen LogP contribution < -0.4 is 0 Å². The number of carbonyl (C=O) groups excluding carboxylic acids is 1. The summed E-state index contributed by atoms with van der Waals surface area (Å²) in [7, 11) is 0. The molecule has 0 fully saturated rings. The van der Waals surface area contributed by atoms with Crippen molar-refractivity contribution in [3.05, 3.63) is 58.7 Å². The molecule has 4 rings (SSSR count). The van der Waals surface area contributed by atoms with Crippen LogP contribution in [0.3, 0.4) is 0 Å². The third-order valence-electron chi connectivity index (χ3n) is 4.59. The number of halogens is 1. The van der Waals surface area contributed by atoms with Crippen LogP contribution in [-0.4, -0.2) is 15.6 Å². The molecule has 3 nitrogen and oxygen atoms in total. The minimum absolute atomic E-state index is 0.118. The first-order valence-corrected chi connectivity index (χ1v) is 7.23. The Balaban J connectivity index is 1.81. The van der Waals surface area contributed by atoms with Gasteiger partial charge in [-0.05, 0) is 30.7 Å². The normalized spacial score (nSPS) is 20.7. The zero-order valence-electron chi connectivity index (χ0n) is 11.8. The SMILES string of the molecule is C[C@@H]1C2=C(CCC2=O)Cc2c1cnn2-c1ccc(F)cc1. The van der Waals surface area contributed by atoms with E-state index in [0.717, 1.165) is 35.4 Å². The van der Waals surface area contributed by atoms with Gasteiger partial charge in [-0.2, -0.15) is 5.10 Å². The minimum atomic E-state index is -0.250. The van der Waals surface area contributed by atoms with E-state index in [1.54, 1.807) is 12.1 Å². The van der Waals surface area contributed by atoms with Gasteiger partial charge in [0.05, 0.1) is 17.6 Å². The summed E-state index contributed by atoms with van der Waals surface area (Å²) in [6, 6.07) is 6.35. The van der Waals surface area contributed by atoms with Gasteiger partial charge >= 0.3 is 0 Å². The van der Waals surface area contributed by atoms with E-state index >= 15 is 0 Å². The van der Waals surface area contributed by atoms with Crippen molar-refractivity contribution >= 4 is 5.78 Å². The number of benzene rings is 1. The molecule has 2 aliphatic carbocycles. The van der Waals surface area contributed by atoms with Gasteiger partial charge in [0.1, 0.15) is 5.82 Å². The lowest BCUT2D eigenvalue weighted by atomic mass is 9.83. The molecule has 21 heavy (non-hydrogen) atoms. The maximum Gasteiger partial charge on any atom is 0.159 e.